The van der Waals surface area contributed by atoms with E-state index < -0.39 is 22.9 Å². The number of hydrogen-bond donors (Lipinski definition) is 1. The summed E-state index contributed by atoms with van der Waals surface area (Å²) in [6.45, 7) is 1.90. The van der Waals surface area contributed by atoms with Crippen LogP contribution in [0.5, 0.6) is 0 Å². The minimum absolute atomic E-state index is 0.128. The molecule has 0 saturated carbocycles. The molecule has 1 atom stereocenters. The van der Waals surface area contributed by atoms with Gasteiger partial charge >= 0.3 is 0 Å². The Morgan fingerprint density at radius 2 is 1.21 bits per heavy atom. The van der Waals surface area contributed by atoms with Gasteiger partial charge in [0, 0.05) is 15.1 Å². The van der Waals surface area contributed by atoms with Crippen LogP contribution in [-0.2, 0) is 14.6 Å². The first kappa shape index (κ1) is 23.7. The van der Waals surface area contributed by atoms with Crippen molar-refractivity contribution in [1.82, 2.24) is 4.72 Å². The summed E-state index contributed by atoms with van der Waals surface area (Å²) < 4.78 is 45.6. The number of hydrogen-bond acceptors (Lipinski definition) is 3. The van der Waals surface area contributed by atoms with E-state index in [1.807, 2.05) is 55.5 Å². The summed E-state index contributed by atoms with van der Waals surface area (Å²) >= 11 is 3.43. The molecule has 0 aliphatic heterocycles. The lowest BCUT2D eigenvalue weighted by molar-refractivity contribution is 0.560. The highest BCUT2D eigenvalue weighted by Gasteiger charge is 2.40. The van der Waals surface area contributed by atoms with E-state index in [0.717, 1.165) is 10.0 Å². The Kier molecular flexibility index (Phi) is 7.01. The molecule has 0 heterocycles. The van der Waals surface area contributed by atoms with Crippen molar-refractivity contribution in [3.8, 4) is 0 Å². The summed E-state index contributed by atoms with van der Waals surface area (Å²) in [5.74, 6) is -0.998. The zero-order valence-electron chi connectivity index (χ0n) is 17.9. The van der Waals surface area contributed by atoms with E-state index in [2.05, 4.69) is 20.7 Å². The maximum Gasteiger partial charge on any atom is 0.241 e. The highest BCUT2D eigenvalue weighted by atomic mass is 79.9. The zero-order valence-corrected chi connectivity index (χ0v) is 21.2. The van der Waals surface area contributed by atoms with Gasteiger partial charge in [-0.25, -0.2) is 8.42 Å². The molecule has 0 radical (unpaired) electrons. The quantitative estimate of drug-likeness (QED) is 0.304. The van der Waals surface area contributed by atoms with Gasteiger partial charge in [-0.1, -0.05) is 106 Å². The van der Waals surface area contributed by atoms with Gasteiger partial charge in [-0.2, -0.15) is 4.72 Å². The molecule has 0 amide bonds. The van der Waals surface area contributed by atoms with Gasteiger partial charge in [0.25, 0.3) is 0 Å². The molecule has 0 fully saturated rings. The summed E-state index contributed by atoms with van der Waals surface area (Å²) in [4.78, 5) is 0.128. The van der Waals surface area contributed by atoms with Crippen LogP contribution < -0.4 is 15.3 Å². The molecular formula is C26H23BrNO3PS. The molecule has 168 valence electrons. The number of rotatable bonds is 7. The molecule has 4 aromatic rings. The second kappa shape index (κ2) is 9.78. The lowest BCUT2D eigenvalue weighted by Gasteiger charge is -2.30. The van der Waals surface area contributed by atoms with Crippen molar-refractivity contribution in [3.63, 3.8) is 0 Å². The van der Waals surface area contributed by atoms with E-state index >= 15 is 4.57 Å². The maximum atomic E-state index is 15.0. The second-order valence-electron chi connectivity index (χ2n) is 7.72. The molecule has 4 aromatic carbocycles. The van der Waals surface area contributed by atoms with Crippen LogP contribution in [-0.4, -0.2) is 8.42 Å². The van der Waals surface area contributed by atoms with Gasteiger partial charge < -0.3 is 4.57 Å². The molecule has 1 N–H and O–H groups in total. The first-order valence-corrected chi connectivity index (χ1v) is 14.4. The third kappa shape index (κ3) is 5.04. The van der Waals surface area contributed by atoms with Gasteiger partial charge in [-0.3, -0.25) is 0 Å². The van der Waals surface area contributed by atoms with Gasteiger partial charge in [-0.15, -0.1) is 0 Å². The minimum atomic E-state index is -3.97. The van der Waals surface area contributed by atoms with Crippen LogP contribution in [0.4, 0.5) is 0 Å². The molecule has 0 aliphatic rings. The molecule has 0 bridgehead atoms. The summed E-state index contributed by atoms with van der Waals surface area (Å²) in [6, 6.07) is 32.0. The predicted molar refractivity (Wildman–Crippen MR) is 138 cm³/mol. The Labute approximate surface area is 203 Å². The SMILES string of the molecule is Cc1ccc(S(=O)(=O)N[C@H](c2ccc(Br)cc2)P(=O)(c2ccccc2)c2ccccc2)cc1. The molecule has 7 heteroatoms. The van der Waals surface area contributed by atoms with Crippen molar-refractivity contribution in [3.05, 3.63) is 125 Å². The lowest BCUT2D eigenvalue weighted by Crippen LogP contribution is -2.34. The Hall–Kier alpha value is -2.50. The van der Waals surface area contributed by atoms with Crippen molar-refractivity contribution in [2.75, 3.05) is 0 Å². The van der Waals surface area contributed by atoms with E-state index in [1.54, 1.807) is 60.7 Å². The molecule has 0 spiro atoms. The predicted octanol–water partition coefficient (Wildman–Crippen LogP) is 5.75. The van der Waals surface area contributed by atoms with Gasteiger partial charge in [0.05, 0.1) is 4.90 Å². The van der Waals surface area contributed by atoms with E-state index in [9.17, 15) is 8.42 Å². The van der Waals surface area contributed by atoms with E-state index in [-0.39, 0.29) is 4.90 Å². The number of nitrogens with one attached hydrogen (secondary N) is 1. The fourth-order valence-electron chi connectivity index (χ4n) is 3.68. The highest BCUT2D eigenvalue weighted by molar-refractivity contribution is 9.10. The molecule has 33 heavy (non-hydrogen) atoms. The molecule has 0 aliphatic carbocycles. The maximum absolute atomic E-state index is 15.0. The van der Waals surface area contributed by atoms with Crippen LogP contribution in [0.15, 0.2) is 119 Å². The highest BCUT2D eigenvalue weighted by Crippen LogP contribution is 2.56. The molecule has 0 saturated heterocycles. The minimum Gasteiger partial charge on any atom is -0.312 e. The second-order valence-corrected chi connectivity index (χ2v) is 13.2. The Morgan fingerprint density at radius 3 is 1.70 bits per heavy atom. The monoisotopic (exact) mass is 539 g/mol. The Bertz CT molecular complexity index is 1330. The van der Waals surface area contributed by atoms with E-state index in [4.69, 9.17) is 0 Å². The van der Waals surface area contributed by atoms with Crippen molar-refractivity contribution >= 4 is 43.7 Å². The first-order chi connectivity index (χ1) is 15.8. The molecule has 0 unspecified atom stereocenters. The van der Waals surface area contributed by atoms with Crippen LogP contribution in [0.2, 0.25) is 0 Å². The van der Waals surface area contributed by atoms with E-state index in [0.29, 0.717) is 16.2 Å². The van der Waals surface area contributed by atoms with Crippen LogP contribution in [0, 0.1) is 6.92 Å². The summed E-state index contributed by atoms with van der Waals surface area (Å²) in [5, 5.41) is 1.16. The Morgan fingerprint density at radius 1 is 0.727 bits per heavy atom. The summed E-state index contributed by atoms with van der Waals surface area (Å²) in [6.07, 6.45) is 0. The van der Waals surface area contributed by atoms with Crippen molar-refractivity contribution < 1.29 is 13.0 Å². The third-order valence-corrected chi connectivity index (χ3v) is 10.9. The first-order valence-electron chi connectivity index (χ1n) is 10.4. The normalized spacial score (nSPS) is 12.9. The average Bonchev–Trinajstić information content (AvgIpc) is 2.84. The number of sulfonamides is 1. The van der Waals surface area contributed by atoms with Gasteiger partial charge in [0.2, 0.25) is 10.0 Å². The smallest absolute Gasteiger partial charge is 0.241 e. The largest absolute Gasteiger partial charge is 0.312 e. The standard InChI is InChI=1S/C26H23BrNO3PS/c1-20-12-18-25(19-13-20)33(30,31)28-26(21-14-16-22(27)17-15-21)32(29,23-8-4-2-5-9-23)24-10-6-3-7-11-24/h2-19,26,28H,1H3/t26-/m0/s1. The molecule has 0 aromatic heterocycles. The number of halogens is 1. The Balaban J connectivity index is 1.93. The fraction of sp³-hybridized carbons (Fsp3) is 0.0769. The van der Waals surface area contributed by atoms with Gasteiger partial charge in [-0.05, 0) is 36.8 Å². The van der Waals surface area contributed by atoms with Crippen LogP contribution in [0.3, 0.4) is 0 Å². The van der Waals surface area contributed by atoms with Crippen LogP contribution >= 0.6 is 23.1 Å². The van der Waals surface area contributed by atoms with E-state index in [1.165, 1.54) is 0 Å². The molecular weight excluding hydrogens is 517 g/mol. The fourth-order valence-corrected chi connectivity index (χ4v) is 8.73. The average molecular weight is 540 g/mol. The number of aryl methyl sites for hydroxylation is 1. The summed E-state index contributed by atoms with van der Waals surface area (Å²) in [5.41, 5.74) is 1.57. The van der Waals surface area contributed by atoms with Crippen LogP contribution in [0.25, 0.3) is 0 Å². The van der Waals surface area contributed by atoms with Crippen LogP contribution in [0.1, 0.15) is 16.9 Å². The third-order valence-electron chi connectivity index (χ3n) is 5.43. The van der Waals surface area contributed by atoms with Crippen molar-refractivity contribution in [2.45, 2.75) is 17.6 Å². The molecule has 4 nitrogen and oxygen atoms in total. The van der Waals surface area contributed by atoms with Gasteiger partial charge in [0.1, 0.15) is 5.78 Å². The van der Waals surface area contributed by atoms with Crippen molar-refractivity contribution in [2.24, 2.45) is 0 Å². The topological polar surface area (TPSA) is 63.2 Å². The van der Waals surface area contributed by atoms with Crippen molar-refractivity contribution in [1.29, 1.82) is 0 Å². The lowest BCUT2D eigenvalue weighted by atomic mass is 10.2. The molecule has 4 rings (SSSR count). The van der Waals surface area contributed by atoms with Gasteiger partial charge in [0.15, 0.2) is 7.14 Å². The zero-order chi connectivity index (χ0) is 23.5. The summed E-state index contributed by atoms with van der Waals surface area (Å²) in [7, 11) is -7.47. The number of benzene rings is 4.